The molecule has 0 amide bonds. The van der Waals surface area contributed by atoms with Crippen molar-refractivity contribution in [3.05, 3.63) is 0 Å². The summed E-state index contributed by atoms with van der Waals surface area (Å²) in [5, 5.41) is 18.1. The van der Waals surface area contributed by atoms with Gasteiger partial charge in [0.15, 0.2) is 0 Å². The third kappa shape index (κ3) is 9.83. The number of ether oxygens (including phenoxy) is 2. The van der Waals surface area contributed by atoms with Gasteiger partial charge in [-0.2, -0.15) is 0 Å². The molecule has 4 nitrogen and oxygen atoms in total. The van der Waals surface area contributed by atoms with E-state index in [1.807, 2.05) is 27.7 Å². The Labute approximate surface area is 111 Å². The van der Waals surface area contributed by atoms with E-state index in [0.717, 1.165) is 12.8 Å². The zero-order valence-electron chi connectivity index (χ0n) is 12.4. The lowest BCUT2D eigenvalue weighted by molar-refractivity contribution is 0.0180. The molecule has 0 rings (SSSR count). The molecule has 0 aliphatic carbocycles. The van der Waals surface area contributed by atoms with Gasteiger partial charge in [0.1, 0.15) is 0 Å². The van der Waals surface area contributed by atoms with Crippen LogP contribution in [0.15, 0.2) is 0 Å². The maximum absolute atomic E-state index is 9.07. The summed E-state index contributed by atoms with van der Waals surface area (Å²) < 4.78 is 10.9. The Morgan fingerprint density at radius 3 is 1.28 bits per heavy atom. The average molecular weight is 262 g/mol. The topological polar surface area (TPSA) is 58.9 Å². The molecule has 0 unspecified atom stereocenters. The standard InChI is InChI=1S/C14H30O4/c1-13(2,11-15)5-7-17-9-10-18-8-6-14(3,4)12-16/h15-16H,5-12H2,1-4H3. The molecule has 0 radical (unpaired) electrons. The van der Waals surface area contributed by atoms with Crippen molar-refractivity contribution >= 4 is 0 Å². The van der Waals surface area contributed by atoms with Gasteiger partial charge in [-0.25, -0.2) is 0 Å². The normalized spacial score (nSPS) is 13.0. The molecule has 0 aromatic rings. The van der Waals surface area contributed by atoms with Crippen LogP contribution in [-0.4, -0.2) is 49.9 Å². The second-order valence-corrected chi connectivity index (χ2v) is 6.37. The van der Waals surface area contributed by atoms with Gasteiger partial charge in [0.25, 0.3) is 0 Å². The van der Waals surface area contributed by atoms with E-state index in [2.05, 4.69) is 0 Å². The van der Waals surface area contributed by atoms with E-state index in [1.54, 1.807) is 0 Å². The number of hydrogen-bond acceptors (Lipinski definition) is 4. The van der Waals surface area contributed by atoms with Gasteiger partial charge in [0.05, 0.1) is 13.2 Å². The van der Waals surface area contributed by atoms with E-state index in [4.69, 9.17) is 19.7 Å². The molecule has 0 spiro atoms. The summed E-state index contributed by atoms with van der Waals surface area (Å²) in [5.74, 6) is 0. The smallest absolute Gasteiger partial charge is 0.0700 e. The van der Waals surface area contributed by atoms with Gasteiger partial charge in [-0.1, -0.05) is 27.7 Å². The minimum Gasteiger partial charge on any atom is -0.396 e. The van der Waals surface area contributed by atoms with Crippen molar-refractivity contribution in [3.8, 4) is 0 Å². The fraction of sp³-hybridized carbons (Fsp3) is 1.00. The highest BCUT2D eigenvalue weighted by Gasteiger charge is 2.16. The summed E-state index contributed by atoms with van der Waals surface area (Å²) in [6.45, 7) is 10.9. The second-order valence-electron chi connectivity index (χ2n) is 6.37. The van der Waals surface area contributed by atoms with Crippen molar-refractivity contribution in [3.63, 3.8) is 0 Å². The highest BCUT2D eigenvalue weighted by molar-refractivity contribution is 4.66. The molecule has 0 bridgehead atoms. The molecule has 4 heteroatoms. The van der Waals surface area contributed by atoms with Gasteiger partial charge in [0, 0.05) is 26.4 Å². The number of rotatable bonds is 11. The minimum atomic E-state index is -0.0635. The zero-order valence-corrected chi connectivity index (χ0v) is 12.4. The summed E-state index contributed by atoms with van der Waals surface area (Å²) in [7, 11) is 0. The lowest BCUT2D eigenvalue weighted by Gasteiger charge is -2.21. The molecular formula is C14H30O4. The summed E-state index contributed by atoms with van der Waals surface area (Å²) in [5.41, 5.74) is -0.127. The number of aliphatic hydroxyl groups is 2. The Morgan fingerprint density at radius 1 is 0.667 bits per heavy atom. The van der Waals surface area contributed by atoms with Crippen LogP contribution >= 0.6 is 0 Å². The Bertz CT molecular complexity index is 180. The third-order valence-electron chi connectivity index (χ3n) is 3.07. The van der Waals surface area contributed by atoms with Crippen LogP contribution in [0.25, 0.3) is 0 Å². The summed E-state index contributed by atoms with van der Waals surface area (Å²) >= 11 is 0. The quantitative estimate of drug-likeness (QED) is 0.558. The molecule has 0 aliphatic rings. The highest BCUT2D eigenvalue weighted by atomic mass is 16.5. The molecule has 0 heterocycles. The Kier molecular flexibility index (Phi) is 8.78. The van der Waals surface area contributed by atoms with Crippen LogP contribution in [0.1, 0.15) is 40.5 Å². The largest absolute Gasteiger partial charge is 0.396 e. The molecule has 18 heavy (non-hydrogen) atoms. The molecule has 0 fully saturated rings. The Hall–Kier alpha value is -0.160. The van der Waals surface area contributed by atoms with Crippen LogP contribution in [0.5, 0.6) is 0 Å². The van der Waals surface area contributed by atoms with Crippen molar-refractivity contribution < 1.29 is 19.7 Å². The molecule has 0 saturated heterocycles. The molecular weight excluding hydrogens is 232 g/mol. The average Bonchev–Trinajstić information content (AvgIpc) is 2.32. The lowest BCUT2D eigenvalue weighted by atomic mass is 9.91. The van der Waals surface area contributed by atoms with Crippen molar-refractivity contribution in [2.45, 2.75) is 40.5 Å². The SMILES string of the molecule is CC(C)(CO)CCOCCOCCC(C)(C)CO. The molecule has 0 aromatic heterocycles. The van der Waals surface area contributed by atoms with Gasteiger partial charge >= 0.3 is 0 Å². The van der Waals surface area contributed by atoms with Crippen molar-refractivity contribution in [1.82, 2.24) is 0 Å². The van der Waals surface area contributed by atoms with Gasteiger partial charge in [0.2, 0.25) is 0 Å². The number of aliphatic hydroxyl groups excluding tert-OH is 2. The molecule has 0 atom stereocenters. The van der Waals surface area contributed by atoms with Crippen LogP contribution < -0.4 is 0 Å². The van der Waals surface area contributed by atoms with Crippen LogP contribution in [0.2, 0.25) is 0 Å². The summed E-state index contributed by atoms with van der Waals surface area (Å²) in [6.07, 6.45) is 1.70. The van der Waals surface area contributed by atoms with E-state index < -0.39 is 0 Å². The first-order valence-electron chi connectivity index (χ1n) is 6.70. The molecule has 0 aromatic carbocycles. The minimum absolute atomic E-state index is 0.0635. The monoisotopic (exact) mass is 262 g/mol. The first-order chi connectivity index (χ1) is 8.33. The van der Waals surface area contributed by atoms with Gasteiger partial charge in [-0.3, -0.25) is 0 Å². The Morgan fingerprint density at radius 2 is 1.00 bits per heavy atom. The van der Waals surface area contributed by atoms with Crippen LogP contribution in [-0.2, 0) is 9.47 Å². The Balaban J connectivity index is 3.32. The van der Waals surface area contributed by atoms with E-state index in [0.29, 0.717) is 26.4 Å². The number of hydrogen-bond donors (Lipinski definition) is 2. The van der Waals surface area contributed by atoms with Crippen molar-refractivity contribution in [2.24, 2.45) is 10.8 Å². The predicted octanol–water partition coefficient (Wildman–Crippen LogP) is 1.84. The fourth-order valence-electron chi connectivity index (χ4n) is 1.18. The van der Waals surface area contributed by atoms with Gasteiger partial charge < -0.3 is 19.7 Å². The first kappa shape index (κ1) is 17.8. The maximum Gasteiger partial charge on any atom is 0.0700 e. The lowest BCUT2D eigenvalue weighted by Crippen LogP contribution is -2.21. The summed E-state index contributed by atoms with van der Waals surface area (Å²) in [4.78, 5) is 0. The second kappa shape index (κ2) is 8.86. The van der Waals surface area contributed by atoms with E-state index >= 15 is 0 Å². The molecule has 0 aliphatic heterocycles. The predicted molar refractivity (Wildman–Crippen MR) is 72.6 cm³/mol. The molecule has 2 N–H and O–H groups in total. The maximum atomic E-state index is 9.07. The van der Waals surface area contributed by atoms with E-state index in [9.17, 15) is 0 Å². The first-order valence-corrected chi connectivity index (χ1v) is 6.70. The van der Waals surface area contributed by atoms with Crippen LogP contribution in [0.3, 0.4) is 0 Å². The molecule has 110 valence electrons. The van der Waals surface area contributed by atoms with Gasteiger partial charge in [-0.15, -0.1) is 0 Å². The van der Waals surface area contributed by atoms with Crippen LogP contribution in [0, 0.1) is 10.8 Å². The summed E-state index contributed by atoms with van der Waals surface area (Å²) in [6, 6.07) is 0. The third-order valence-corrected chi connectivity index (χ3v) is 3.07. The molecule has 0 saturated carbocycles. The fourth-order valence-corrected chi connectivity index (χ4v) is 1.18. The van der Waals surface area contributed by atoms with Crippen molar-refractivity contribution in [2.75, 3.05) is 39.6 Å². The van der Waals surface area contributed by atoms with Gasteiger partial charge in [-0.05, 0) is 23.7 Å². The van der Waals surface area contributed by atoms with E-state index in [1.165, 1.54) is 0 Å². The van der Waals surface area contributed by atoms with Crippen molar-refractivity contribution in [1.29, 1.82) is 0 Å². The zero-order chi connectivity index (χ0) is 14.1. The highest BCUT2D eigenvalue weighted by Crippen LogP contribution is 2.19. The van der Waals surface area contributed by atoms with Crippen LogP contribution in [0.4, 0.5) is 0 Å². The van der Waals surface area contributed by atoms with E-state index in [-0.39, 0.29) is 24.0 Å².